The van der Waals surface area contributed by atoms with Gasteiger partial charge in [0, 0.05) is 10.4 Å². The summed E-state index contributed by atoms with van der Waals surface area (Å²) in [6.45, 7) is 3.19. The first-order valence-corrected chi connectivity index (χ1v) is 6.12. The summed E-state index contributed by atoms with van der Waals surface area (Å²) in [7, 11) is 0. The third kappa shape index (κ3) is 2.66. The van der Waals surface area contributed by atoms with Crippen molar-refractivity contribution in [1.82, 2.24) is 0 Å². The molecule has 5 heteroatoms. The number of hydrogen-bond acceptors (Lipinski definition) is 3. The zero-order valence-electron chi connectivity index (χ0n) is 8.36. The van der Waals surface area contributed by atoms with Crippen molar-refractivity contribution in [3.05, 3.63) is 20.8 Å². The lowest BCUT2D eigenvalue weighted by Crippen LogP contribution is -2.25. The molecule has 0 radical (unpaired) electrons. The van der Waals surface area contributed by atoms with Crippen LogP contribution >= 0.6 is 27.3 Å². The molecule has 0 saturated heterocycles. The number of Topliss-reactive ketones (excluding diaryl/α,β-unsaturated/α-hetero) is 1. The summed E-state index contributed by atoms with van der Waals surface area (Å²) in [5.41, 5.74) is 0. The Morgan fingerprint density at radius 3 is 2.40 bits per heavy atom. The number of hydrogen-bond donors (Lipinski definition) is 1. The molecule has 0 saturated carbocycles. The van der Waals surface area contributed by atoms with Crippen molar-refractivity contribution in [3.8, 4) is 0 Å². The van der Waals surface area contributed by atoms with Gasteiger partial charge in [-0.15, -0.1) is 11.3 Å². The zero-order chi connectivity index (χ0) is 11.6. The quantitative estimate of drug-likeness (QED) is 0.867. The number of carbonyl (C=O) groups excluding carboxylic acids is 1. The summed E-state index contributed by atoms with van der Waals surface area (Å²) in [6.07, 6.45) is 0. The molecule has 15 heavy (non-hydrogen) atoms. The lowest BCUT2D eigenvalue weighted by molar-refractivity contribution is -0.142. The molecule has 0 bridgehead atoms. The highest BCUT2D eigenvalue weighted by Crippen LogP contribution is 2.27. The van der Waals surface area contributed by atoms with E-state index in [0.717, 1.165) is 4.47 Å². The van der Waals surface area contributed by atoms with Crippen molar-refractivity contribution in [2.45, 2.75) is 13.8 Å². The first kappa shape index (κ1) is 12.4. The monoisotopic (exact) mass is 290 g/mol. The number of halogens is 1. The van der Waals surface area contributed by atoms with Gasteiger partial charge in [0.05, 0.1) is 10.8 Å². The highest BCUT2D eigenvalue weighted by molar-refractivity contribution is 9.10. The minimum absolute atomic E-state index is 0.119. The Labute approximate surface area is 100 Å². The summed E-state index contributed by atoms with van der Waals surface area (Å²) in [5, 5.41) is 10.6. The van der Waals surface area contributed by atoms with Gasteiger partial charge in [-0.3, -0.25) is 9.59 Å². The van der Waals surface area contributed by atoms with E-state index < -0.39 is 17.8 Å². The lowest BCUT2D eigenvalue weighted by Gasteiger charge is -2.13. The number of carboxylic acid groups (broad SMARTS) is 1. The fraction of sp³-hybridized carbons (Fsp3) is 0.400. The maximum atomic E-state index is 11.9. The summed E-state index contributed by atoms with van der Waals surface area (Å²) in [4.78, 5) is 23.2. The van der Waals surface area contributed by atoms with Gasteiger partial charge < -0.3 is 5.11 Å². The molecule has 2 atom stereocenters. The highest BCUT2D eigenvalue weighted by Gasteiger charge is 2.28. The van der Waals surface area contributed by atoms with Crippen molar-refractivity contribution in [2.24, 2.45) is 11.8 Å². The summed E-state index contributed by atoms with van der Waals surface area (Å²) < 4.78 is 0.738. The molecule has 2 unspecified atom stereocenters. The van der Waals surface area contributed by atoms with Crippen molar-refractivity contribution in [2.75, 3.05) is 0 Å². The van der Waals surface area contributed by atoms with Crippen LogP contribution in [-0.4, -0.2) is 16.9 Å². The molecule has 1 aromatic heterocycles. The summed E-state index contributed by atoms with van der Waals surface area (Å²) in [6, 6.07) is 1.79. The van der Waals surface area contributed by atoms with Crippen molar-refractivity contribution >= 4 is 39.0 Å². The fourth-order valence-corrected chi connectivity index (χ4v) is 2.72. The van der Waals surface area contributed by atoms with Gasteiger partial charge in [0.15, 0.2) is 5.78 Å². The van der Waals surface area contributed by atoms with Gasteiger partial charge in [-0.05, 0) is 27.4 Å². The molecular formula is C10H11BrO3S. The first-order valence-electron chi connectivity index (χ1n) is 4.45. The molecule has 82 valence electrons. The van der Waals surface area contributed by atoms with Crippen LogP contribution in [0.4, 0.5) is 0 Å². The molecule has 0 amide bonds. The van der Waals surface area contributed by atoms with E-state index in [0.29, 0.717) is 4.88 Å². The van der Waals surface area contributed by atoms with Crippen molar-refractivity contribution in [3.63, 3.8) is 0 Å². The van der Waals surface area contributed by atoms with Gasteiger partial charge in [-0.25, -0.2) is 0 Å². The highest BCUT2D eigenvalue weighted by atomic mass is 79.9. The molecule has 0 spiro atoms. The second kappa shape index (κ2) is 4.90. The average Bonchev–Trinajstić information content (AvgIpc) is 2.60. The van der Waals surface area contributed by atoms with E-state index in [1.165, 1.54) is 11.3 Å². The van der Waals surface area contributed by atoms with E-state index in [-0.39, 0.29) is 5.78 Å². The van der Waals surface area contributed by atoms with Gasteiger partial charge in [0.1, 0.15) is 0 Å². The van der Waals surface area contributed by atoms with Crippen molar-refractivity contribution < 1.29 is 14.7 Å². The Morgan fingerprint density at radius 1 is 1.40 bits per heavy atom. The topological polar surface area (TPSA) is 54.4 Å². The van der Waals surface area contributed by atoms with Crippen LogP contribution < -0.4 is 0 Å². The van der Waals surface area contributed by atoms with Crippen LogP contribution in [-0.2, 0) is 4.79 Å². The molecule has 0 aliphatic carbocycles. The molecular weight excluding hydrogens is 280 g/mol. The van der Waals surface area contributed by atoms with Crippen LogP contribution in [0.5, 0.6) is 0 Å². The van der Waals surface area contributed by atoms with E-state index in [1.54, 1.807) is 25.3 Å². The predicted molar refractivity (Wildman–Crippen MR) is 62.3 cm³/mol. The Balaban J connectivity index is 2.86. The Bertz CT molecular complexity index is 386. The van der Waals surface area contributed by atoms with Crippen LogP contribution in [0.25, 0.3) is 0 Å². The van der Waals surface area contributed by atoms with E-state index in [2.05, 4.69) is 15.9 Å². The van der Waals surface area contributed by atoms with Crippen LogP contribution in [0.1, 0.15) is 23.5 Å². The molecule has 0 aliphatic rings. The third-order valence-corrected chi connectivity index (χ3v) is 4.25. The number of ketones is 1. The molecule has 1 N–H and O–H groups in total. The summed E-state index contributed by atoms with van der Waals surface area (Å²) >= 11 is 4.59. The largest absolute Gasteiger partial charge is 0.481 e. The standard InChI is InChI=1S/C10H11BrO3S/c1-5(6(2)10(13)14)8(12)9-7(11)3-4-15-9/h3-6H,1-2H3,(H,13,14). The molecule has 0 aromatic carbocycles. The average molecular weight is 291 g/mol. The number of carboxylic acids is 1. The van der Waals surface area contributed by atoms with E-state index in [1.807, 2.05) is 0 Å². The smallest absolute Gasteiger partial charge is 0.306 e. The van der Waals surface area contributed by atoms with E-state index in [4.69, 9.17) is 5.11 Å². The normalized spacial score (nSPS) is 14.6. The maximum absolute atomic E-state index is 11.9. The predicted octanol–water partition coefficient (Wildman–Crippen LogP) is 3.05. The molecule has 1 heterocycles. The van der Waals surface area contributed by atoms with Gasteiger partial charge in [0.2, 0.25) is 0 Å². The Morgan fingerprint density at radius 2 is 2.00 bits per heavy atom. The van der Waals surface area contributed by atoms with Gasteiger partial charge in [-0.1, -0.05) is 13.8 Å². The molecule has 3 nitrogen and oxygen atoms in total. The number of rotatable bonds is 4. The SMILES string of the molecule is CC(C(=O)O)C(C)C(=O)c1sccc1Br. The zero-order valence-corrected chi connectivity index (χ0v) is 10.8. The minimum Gasteiger partial charge on any atom is -0.481 e. The molecule has 1 aromatic rings. The number of aliphatic carboxylic acids is 1. The Hall–Kier alpha value is -0.680. The van der Waals surface area contributed by atoms with Crippen LogP contribution in [0.3, 0.4) is 0 Å². The first-order chi connectivity index (χ1) is 6.95. The second-order valence-electron chi connectivity index (χ2n) is 3.38. The van der Waals surface area contributed by atoms with Crippen LogP contribution in [0.15, 0.2) is 15.9 Å². The number of thiophene rings is 1. The molecule has 0 aliphatic heterocycles. The van der Waals surface area contributed by atoms with Gasteiger partial charge in [-0.2, -0.15) is 0 Å². The van der Waals surface area contributed by atoms with E-state index >= 15 is 0 Å². The Kier molecular flexibility index (Phi) is 4.04. The fourth-order valence-electron chi connectivity index (χ4n) is 1.12. The molecule has 1 rings (SSSR count). The summed E-state index contributed by atoms with van der Waals surface area (Å²) in [5.74, 6) is -2.22. The van der Waals surface area contributed by atoms with E-state index in [9.17, 15) is 9.59 Å². The lowest BCUT2D eigenvalue weighted by atomic mass is 9.91. The third-order valence-electron chi connectivity index (χ3n) is 2.39. The van der Waals surface area contributed by atoms with Gasteiger partial charge >= 0.3 is 5.97 Å². The van der Waals surface area contributed by atoms with Crippen LogP contribution in [0.2, 0.25) is 0 Å². The minimum atomic E-state index is -0.941. The number of carbonyl (C=O) groups is 2. The van der Waals surface area contributed by atoms with Gasteiger partial charge in [0.25, 0.3) is 0 Å². The maximum Gasteiger partial charge on any atom is 0.306 e. The molecule has 0 fully saturated rings. The van der Waals surface area contributed by atoms with Crippen LogP contribution in [0, 0.1) is 11.8 Å². The second-order valence-corrected chi connectivity index (χ2v) is 5.15. The van der Waals surface area contributed by atoms with Crippen molar-refractivity contribution in [1.29, 1.82) is 0 Å².